The summed E-state index contributed by atoms with van der Waals surface area (Å²) in [4.78, 5) is 34.9. The number of hydrogen-bond donors (Lipinski definition) is 4. The van der Waals surface area contributed by atoms with E-state index in [1.807, 2.05) is 5.32 Å². The number of carboxylic acids is 2. The Hall–Kier alpha value is -2.46. The molecule has 0 aromatic carbocycles. The van der Waals surface area contributed by atoms with Crippen molar-refractivity contribution in [1.82, 2.24) is 4.98 Å². The van der Waals surface area contributed by atoms with Gasteiger partial charge in [-0.2, -0.15) is 0 Å². The van der Waals surface area contributed by atoms with Crippen LogP contribution in [0, 0.1) is 10.1 Å². The fourth-order valence-corrected chi connectivity index (χ4v) is 1.39. The van der Waals surface area contributed by atoms with E-state index in [1.165, 1.54) is 0 Å². The minimum absolute atomic E-state index is 0.174. The van der Waals surface area contributed by atoms with E-state index in [4.69, 9.17) is 21.8 Å². The highest BCUT2D eigenvalue weighted by Gasteiger charge is 2.34. The van der Waals surface area contributed by atoms with Gasteiger partial charge in [-0.1, -0.05) is 11.6 Å². The van der Waals surface area contributed by atoms with Crippen LogP contribution >= 0.6 is 11.6 Å². The summed E-state index contributed by atoms with van der Waals surface area (Å²) in [5.41, 5.74) is -0.613. The molecule has 2 unspecified atom stereocenters. The van der Waals surface area contributed by atoms with Crippen molar-refractivity contribution in [2.75, 3.05) is 5.32 Å². The smallest absolute Gasteiger partial charge is 0.335 e. The first-order valence-electron chi connectivity index (χ1n) is 4.95. The molecular weight excluding hydrogens is 298 g/mol. The Morgan fingerprint density at radius 1 is 1.35 bits per heavy atom. The molecule has 0 radical (unpaired) electrons. The molecule has 108 valence electrons. The lowest BCUT2D eigenvalue weighted by molar-refractivity contribution is -0.384. The maximum Gasteiger partial charge on any atom is 0.335 e. The quantitative estimate of drug-likeness (QED) is 0.320. The number of anilines is 1. The van der Waals surface area contributed by atoms with Crippen molar-refractivity contribution in [3.8, 4) is 0 Å². The van der Waals surface area contributed by atoms with Crippen LogP contribution < -0.4 is 5.32 Å². The number of pyridine rings is 1. The molecular formula is C9H8ClN3O7. The number of aromatic nitrogens is 1. The predicted molar refractivity (Wildman–Crippen MR) is 64.6 cm³/mol. The molecule has 0 amide bonds. The van der Waals surface area contributed by atoms with E-state index in [0.29, 0.717) is 0 Å². The van der Waals surface area contributed by atoms with Crippen molar-refractivity contribution < 1.29 is 29.8 Å². The lowest BCUT2D eigenvalue weighted by atomic mass is 10.1. The molecule has 0 aliphatic carbocycles. The molecule has 0 saturated heterocycles. The van der Waals surface area contributed by atoms with Gasteiger partial charge in [0.2, 0.25) is 5.82 Å². The maximum absolute atomic E-state index is 10.9. The van der Waals surface area contributed by atoms with E-state index in [9.17, 15) is 24.8 Å². The third kappa shape index (κ3) is 3.52. The number of carbonyl (C=O) groups is 2. The summed E-state index contributed by atoms with van der Waals surface area (Å²) >= 11 is 5.53. The van der Waals surface area contributed by atoms with Crippen LogP contribution in [0.4, 0.5) is 11.5 Å². The number of nitro groups is 1. The minimum atomic E-state index is -2.33. The van der Waals surface area contributed by atoms with Gasteiger partial charge in [-0.05, 0) is 6.07 Å². The van der Waals surface area contributed by atoms with Crippen molar-refractivity contribution in [2.45, 2.75) is 12.1 Å². The van der Waals surface area contributed by atoms with Crippen LogP contribution in [0.3, 0.4) is 0 Å². The number of halogens is 1. The van der Waals surface area contributed by atoms with Crippen molar-refractivity contribution in [3.63, 3.8) is 0 Å². The SMILES string of the molecule is O=C(O)C(O)C(Nc1nc(Cl)ccc1[N+](=O)[O-])C(=O)O. The Kier molecular flexibility index (Phi) is 4.78. The average Bonchev–Trinajstić information content (AvgIpc) is 2.34. The molecule has 4 N–H and O–H groups in total. The molecule has 2 atom stereocenters. The Bertz CT molecular complexity index is 564. The van der Waals surface area contributed by atoms with Crippen LogP contribution in [0.25, 0.3) is 0 Å². The van der Waals surface area contributed by atoms with E-state index in [0.717, 1.165) is 12.1 Å². The first-order valence-corrected chi connectivity index (χ1v) is 5.33. The Balaban J connectivity index is 3.17. The number of nitrogens with one attached hydrogen (secondary N) is 1. The van der Waals surface area contributed by atoms with Crippen LogP contribution in [0.1, 0.15) is 0 Å². The Labute approximate surface area is 115 Å². The molecule has 1 aromatic heterocycles. The average molecular weight is 306 g/mol. The third-order valence-electron chi connectivity index (χ3n) is 2.16. The van der Waals surface area contributed by atoms with E-state index in [1.54, 1.807) is 0 Å². The molecule has 0 aliphatic heterocycles. The summed E-state index contributed by atoms with van der Waals surface area (Å²) in [5, 5.41) is 39.2. The molecule has 0 saturated carbocycles. The van der Waals surface area contributed by atoms with Gasteiger partial charge in [0, 0.05) is 6.07 Å². The molecule has 0 bridgehead atoms. The number of aliphatic hydroxyl groups is 1. The molecule has 20 heavy (non-hydrogen) atoms. The fraction of sp³-hybridized carbons (Fsp3) is 0.222. The number of nitrogens with zero attached hydrogens (tertiary/aromatic N) is 2. The minimum Gasteiger partial charge on any atom is -0.480 e. The van der Waals surface area contributed by atoms with Crippen LogP contribution in [-0.4, -0.2) is 49.3 Å². The molecule has 11 heteroatoms. The fourth-order valence-electron chi connectivity index (χ4n) is 1.25. The molecule has 0 fully saturated rings. The maximum atomic E-state index is 10.9. The molecule has 0 spiro atoms. The number of carboxylic acid groups (broad SMARTS) is 2. The summed E-state index contributed by atoms with van der Waals surface area (Å²) < 4.78 is 0. The number of hydrogen-bond acceptors (Lipinski definition) is 7. The van der Waals surface area contributed by atoms with Gasteiger partial charge in [-0.25, -0.2) is 14.6 Å². The highest BCUT2D eigenvalue weighted by molar-refractivity contribution is 6.29. The normalized spacial score (nSPS) is 13.3. The third-order valence-corrected chi connectivity index (χ3v) is 2.37. The van der Waals surface area contributed by atoms with E-state index in [-0.39, 0.29) is 5.15 Å². The topological polar surface area (TPSA) is 163 Å². The summed E-state index contributed by atoms with van der Waals surface area (Å²) in [6.07, 6.45) is -2.33. The van der Waals surface area contributed by atoms with Gasteiger partial charge in [-0.3, -0.25) is 10.1 Å². The van der Waals surface area contributed by atoms with Crippen molar-refractivity contribution >= 4 is 35.0 Å². The van der Waals surface area contributed by atoms with Gasteiger partial charge >= 0.3 is 17.6 Å². The zero-order valence-electron chi connectivity index (χ0n) is 9.56. The van der Waals surface area contributed by atoms with Gasteiger partial charge in [0.1, 0.15) is 5.15 Å². The van der Waals surface area contributed by atoms with Gasteiger partial charge in [0.05, 0.1) is 4.92 Å². The summed E-state index contributed by atoms with van der Waals surface area (Å²) in [7, 11) is 0. The van der Waals surface area contributed by atoms with Crippen molar-refractivity contribution in [3.05, 3.63) is 27.4 Å². The van der Waals surface area contributed by atoms with Crippen LogP contribution in [0.15, 0.2) is 12.1 Å². The van der Waals surface area contributed by atoms with Crippen LogP contribution in [0.5, 0.6) is 0 Å². The van der Waals surface area contributed by atoms with Gasteiger partial charge in [0.25, 0.3) is 0 Å². The van der Waals surface area contributed by atoms with Crippen LogP contribution in [-0.2, 0) is 9.59 Å². The standard InChI is InChI=1S/C9H8ClN3O7/c10-4-2-1-3(13(19)20)7(11-4)12-5(8(15)16)6(14)9(17)18/h1-2,5-6,14H,(H,11,12)(H,15,16)(H,17,18). The lowest BCUT2D eigenvalue weighted by Gasteiger charge is -2.17. The first kappa shape index (κ1) is 15.6. The highest BCUT2D eigenvalue weighted by atomic mass is 35.5. The first-order chi connectivity index (χ1) is 9.23. The van der Waals surface area contributed by atoms with Gasteiger partial charge < -0.3 is 20.6 Å². The number of rotatable bonds is 6. The van der Waals surface area contributed by atoms with E-state index < -0.39 is 40.5 Å². The summed E-state index contributed by atoms with van der Waals surface area (Å²) in [5.74, 6) is -4.10. The second-order valence-electron chi connectivity index (χ2n) is 3.50. The lowest BCUT2D eigenvalue weighted by Crippen LogP contribution is -2.45. The number of aliphatic carboxylic acids is 2. The molecule has 1 rings (SSSR count). The molecule has 0 aliphatic rings. The zero-order valence-corrected chi connectivity index (χ0v) is 10.3. The summed E-state index contributed by atoms with van der Waals surface area (Å²) in [6.45, 7) is 0. The molecule has 1 aromatic rings. The second-order valence-corrected chi connectivity index (χ2v) is 3.89. The molecule has 10 nitrogen and oxygen atoms in total. The monoisotopic (exact) mass is 305 g/mol. The zero-order chi connectivity index (χ0) is 15.4. The van der Waals surface area contributed by atoms with E-state index >= 15 is 0 Å². The van der Waals surface area contributed by atoms with Gasteiger partial charge in [-0.15, -0.1) is 0 Å². The van der Waals surface area contributed by atoms with Crippen molar-refractivity contribution in [2.24, 2.45) is 0 Å². The highest BCUT2D eigenvalue weighted by Crippen LogP contribution is 2.25. The van der Waals surface area contributed by atoms with Gasteiger partial charge in [0.15, 0.2) is 12.1 Å². The largest absolute Gasteiger partial charge is 0.480 e. The summed E-state index contributed by atoms with van der Waals surface area (Å²) in [6, 6.07) is 0.0371. The van der Waals surface area contributed by atoms with Crippen LogP contribution in [0.2, 0.25) is 5.15 Å². The predicted octanol–water partition coefficient (Wildman–Crippen LogP) is -0.0462. The number of aliphatic hydroxyl groups excluding tert-OH is 1. The van der Waals surface area contributed by atoms with E-state index in [2.05, 4.69) is 4.98 Å². The van der Waals surface area contributed by atoms with Crippen molar-refractivity contribution in [1.29, 1.82) is 0 Å². The molecule has 1 heterocycles. The second kappa shape index (κ2) is 6.12. The Morgan fingerprint density at radius 2 is 1.95 bits per heavy atom. The Morgan fingerprint density at radius 3 is 2.40 bits per heavy atom.